The number of carbonyl (C=O) groups is 2. The summed E-state index contributed by atoms with van der Waals surface area (Å²) in [5, 5.41) is 6.10. The van der Waals surface area contributed by atoms with E-state index in [9.17, 15) is 9.59 Å². The van der Waals surface area contributed by atoms with Crippen LogP contribution in [0.5, 0.6) is 0 Å². The van der Waals surface area contributed by atoms with Crippen LogP contribution in [0, 0.1) is 0 Å². The zero-order chi connectivity index (χ0) is 21.9. The highest BCUT2D eigenvalue weighted by Gasteiger charge is 2.16. The van der Waals surface area contributed by atoms with E-state index in [2.05, 4.69) is 17.6 Å². The fourth-order valence-corrected chi connectivity index (χ4v) is 3.21. The van der Waals surface area contributed by atoms with Crippen molar-refractivity contribution in [2.24, 2.45) is 0 Å². The van der Waals surface area contributed by atoms with E-state index >= 15 is 0 Å². The van der Waals surface area contributed by atoms with Crippen LogP contribution in [0.4, 0.5) is 0 Å². The van der Waals surface area contributed by atoms with Gasteiger partial charge in [-0.2, -0.15) is 0 Å². The van der Waals surface area contributed by atoms with Crippen molar-refractivity contribution >= 4 is 11.8 Å². The first-order chi connectivity index (χ1) is 14.7. The number of unbranched alkanes of at least 4 members (excludes halogenated alkanes) is 7. The molecular weight excluding hydrogens is 378 g/mol. The second-order valence-electron chi connectivity index (χ2n) is 7.72. The average Bonchev–Trinajstić information content (AvgIpc) is 2.77. The molecule has 30 heavy (non-hydrogen) atoms. The Kier molecular flexibility index (Phi) is 15.6. The van der Waals surface area contributed by atoms with Gasteiger partial charge in [0.2, 0.25) is 11.8 Å². The maximum Gasteiger partial charge on any atom is 0.239 e. The number of benzene rings is 1. The molecule has 0 aliphatic heterocycles. The van der Waals surface area contributed by atoms with E-state index in [0.29, 0.717) is 19.7 Å². The fraction of sp³-hybridized carbons (Fsp3) is 0.667. The van der Waals surface area contributed by atoms with Crippen molar-refractivity contribution in [2.45, 2.75) is 64.8 Å². The minimum absolute atomic E-state index is 0.0501. The van der Waals surface area contributed by atoms with Crippen molar-refractivity contribution in [3.8, 4) is 0 Å². The zero-order valence-electron chi connectivity index (χ0n) is 19.0. The van der Waals surface area contributed by atoms with Gasteiger partial charge in [0, 0.05) is 20.2 Å². The summed E-state index contributed by atoms with van der Waals surface area (Å²) in [5.41, 5.74) is 1.03. The molecule has 2 N–H and O–H groups in total. The highest BCUT2D eigenvalue weighted by molar-refractivity contribution is 5.85. The van der Waals surface area contributed by atoms with Gasteiger partial charge in [-0.15, -0.1) is 0 Å². The number of carbonyl (C=O) groups excluding carboxylic acids is 2. The highest BCUT2D eigenvalue weighted by atomic mass is 16.5. The molecule has 1 aromatic rings. The first kappa shape index (κ1) is 26.1. The van der Waals surface area contributed by atoms with Gasteiger partial charge >= 0.3 is 0 Å². The predicted octanol–water partition coefficient (Wildman–Crippen LogP) is 3.51. The molecule has 0 aliphatic carbocycles. The van der Waals surface area contributed by atoms with Gasteiger partial charge in [0.1, 0.15) is 0 Å². The second-order valence-corrected chi connectivity index (χ2v) is 7.72. The zero-order valence-corrected chi connectivity index (χ0v) is 19.0. The lowest BCUT2D eigenvalue weighted by molar-refractivity contribution is -0.136. The highest BCUT2D eigenvalue weighted by Crippen LogP contribution is 2.07. The molecule has 170 valence electrons. The molecule has 0 fully saturated rings. The lowest BCUT2D eigenvalue weighted by atomic mass is 10.1. The Hall–Kier alpha value is -1.92. The fourth-order valence-electron chi connectivity index (χ4n) is 3.21. The van der Waals surface area contributed by atoms with Crippen LogP contribution in [0.2, 0.25) is 0 Å². The van der Waals surface area contributed by atoms with Gasteiger partial charge in [0.25, 0.3) is 0 Å². The van der Waals surface area contributed by atoms with Crippen molar-refractivity contribution in [3.05, 3.63) is 35.9 Å². The summed E-state index contributed by atoms with van der Waals surface area (Å²) in [5.74, 6) is -0.229. The third kappa shape index (κ3) is 13.3. The Labute approximate surface area is 182 Å². The van der Waals surface area contributed by atoms with E-state index in [1.165, 1.54) is 44.9 Å². The number of nitrogens with zero attached hydrogens (tertiary/aromatic N) is 1. The minimum Gasteiger partial charge on any atom is -0.383 e. The summed E-state index contributed by atoms with van der Waals surface area (Å²) in [6.45, 7) is 4.66. The number of ether oxygens (including phenoxy) is 1. The average molecular weight is 420 g/mol. The smallest absolute Gasteiger partial charge is 0.239 e. The second kappa shape index (κ2) is 17.9. The Morgan fingerprint density at radius 2 is 1.63 bits per heavy atom. The molecule has 0 saturated heterocycles. The van der Waals surface area contributed by atoms with Crippen molar-refractivity contribution in [2.75, 3.05) is 39.9 Å². The van der Waals surface area contributed by atoms with Crippen LogP contribution < -0.4 is 10.6 Å². The molecule has 0 saturated carbocycles. The van der Waals surface area contributed by atoms with Crippen LogP contribution in [0.25, 0.3) is 0 Å². The van der Waals surface area contributed by atoms with Crippen LogP contribution in [-0.4, -0.2) is 56.6 Å². The van der Waals surface area contributed by atoms with Gasteiger partial charge in [-0.25, -0.2) is 0 Å². The maximum absolute atomic E-state index is 12.5. The standard InChI is InChI=1S/C24H41N3O3/c1-3-4-5-6-7-8-9-13-16-25-20-24(29)27(17-18-30-2)21-23(28)26-19-22-14-11-10-12-15-22/h10-12,14-15,25H,3-9,13,16-21H2,1-2H3,(H,26,28). The third-order valence-corrected chi connectivity index (χ3v) is 5.07. The van der Waals surface area contributed by atoms with Gasteiger partial charge in [0.15, 0.2) is 0 Å². The van der Waals surface area contributed by atoms with E-state index in [1.54, 1.807) is 12.0 Å². The molecule has 0 bridgehead atoms. The van der Waals surface area contributed by atoms with Gasteiger partial charge in [-0.3, -0.25) is 9.59 Å². The van der Waals surface area contributed by atoms with E-state index < -0.39 is 0 Å². The van der Waals surface area contributed by atoms with E-state index in [-0.39, 0.29) is 24.9 Å². The quantitative estimate of drug-likeness (QED) is 0.357. The number of amides is 2. The lowest BCUT2D eigenvalue weighted by Gasteiger charge is -2.22. The van der Waals surface area contributed by atoms with Crippen molar-refractivity contribution in [1.29, 1.82) is 0 Å². The molecule has 2 amide bonds. The molecule has 0 heterocycles. The van der Waals surface area contributed by atoms with Crippen LogP contribution in [0.1, 0.15) is 63.9 Å². The summed E-state index contributed by atoms with van der Waals surface area (Å²) < 4.78 is 5.09. The maximum atomic E-state index is 12.5. The summed E-state index contributed by atoms with van der Waals surface area (Å²) in [6, 6.07) is 9.74. The number of methoxy groups -OCH3 is 1. The lowest BCUT2D eigenvalue weighted by Crippen LogP contribution is -2.45. The van der Waals surface area contributed by atoms with Gasteiger partial charge in [-0.05, 0) is 18.5 Å². The van der Waals surface area contributed by atoms with Crippen molar-refractivity contribution in [3.63, 3.8) is 0 Å². The SMILES string of the molecule is CCCCCCCCCCNCC(=O)N(CCOC)CC(=O)NCc1ccccc1. The van der Waals surface area contributed by atoms with Crippen LogP contribution >= 0.6 is 0 Å². The molecule has 0 unspecified atom stereocenters. The molecule has 1 rings (SSSR count). The van der Waals surface area contributed by atoms with Crippen LogP contribution in [0.15, 0.2) is 30.3 Å². The predicted molar refractivity (Wildman–Crippen MR) is 122 cm³/mol. The first-order valence-corrected chi connectivity index (χ1v) is 11.5. The molecule has 6 heteroatoms. The first-order valence-electron chi connectivity index (χ1n) is 11.5. The molecule has 6 nitrogen and oxygen atoms in total. The van der Waals surface area contributed by atoms with Crippen LogP contribution in [0.3, 0.4) is 0 Å². The van der Waals surface area contributed by atoms with E-state index in [1.807, 2.05) is 30.3 Å². The molecule has 0 aromatic heterocycles. The topological polar surface area (TPSA) is 70.7 Å². The molecule has 0 aliphatic rings. The number of nitrogens with one attached hydrogen (secondary N) is 2. The Bertz CT molecular complexity index is 566. The van der Waals surface area contributed by atoms with Crippen molar-refractivity contribution < 1.29 is 14.3 Å². The summed E-state index contributed by atoms with van der Waals surface area (Å²) in [4.78, 5) is 26.4. The molecule has 0 atom stereocenters. The number of hydrogen-bond acceptors (Lipinski definition) is 4. The Morgan fingerprint density at radius 1 is 0.967 bits per heavy atom. The Balaban J connectivity index is 2.22. The largest absolute Gasteiger partial charge is 0.383 e. The summed E-state index contributed by atoms with van der Waals surface area (Å²) in [7, 11) is 1.60. The van der Waals surface area contributed by atoms with Gasteiger partial charge in [0.05, 0.1) is 19.7 Å². The number of rotatable bonds is 18. The molecule has 0 spiro atoms. The van der Waals surface area contributed by atoms with Crippen molar-refractivity contribution in [1.82, 2.24) is 15.5 Å². The summed E-state index contributed by atoms with van der Waals surface area (Å²) >= 11 is 0. The molecule has 0 radical (unpaired) electrons. The van der Waals surface area contributed by atoms with Gasteiger partial charge < -0.3 is 20.3 Å². The normalized spacial score (nSPS) is 10.7. The minimum atomic E-state index is -0.161. The third-order valence-electron chi connectivity index (χ3n) is 5.07. The van der Waals surface area contributed by atoms with E-state index in [0.717, 1.165) is 18.5 Å². The van der Waals surface area contributed by atoms with Crippen LogP contribution in [-0.2, 0) is 20.9 Å². The monoisotopic (exact) mass is 419 g/mol. The van der Waals surface area contributed by atoms with E-state index in [4.69, 9.17) is 4.74 Å². The Morgan fingerprint density at radius 3 is 2.30 bits per heavy atom. The molecule has 1 aromatic carbocycles. The molecular formula is C24H41N3O3. The number of hydrogen-bond donors (Lipinski definition) is 2. The summed E-state index contributed by atoms with van der Waals surface area (Å²) in [6.07, 6.45) is 10.2. The van der Waals surface area contributed by atoms with Gasteiger partial charge in [-0.1, -0.05) is 82.2 Å².